The van der Waals surface area contributed by atoms with Crippen LogP contribution in [-0.4, -0.2) is 30.1 Å². The van der Waals surface area contributed by atoms with E-state index in [1.165, 1.54) is 18.9 Å². The predicted molar refractivity (Wildman–Crippen MR) is 170 cm³/mol. The van der Waals surface area contributed by atoms with Crippen LogP contribution in [-0.2, 0) is 9.59 Å². The largest absolute Gasteiger partial charge is 0.495 e. The number of methoxy groups -OCH3 is 1. The van der Waals surface area contributed by atoms with Crippen molar-refractivity contribution in [1.29, 1.82) is 0 Å². The summed E-state index contributed by atoms with van der Waals surface area (Å²) >= 11 is 7.53. The second-order valence-corrected chi connectivity index (χ2v) is 11.2. The van der Waals surface area contributed by atoms with Crippen LogP contribution >= 0.6 is 23.4 Å². The van der Waals surface area contributed by atoms with Crippen molar-refractivity contribution in [3.05, 3.63) is 124 Å². The maximum Gasteiger partial charge on any atom is 0.272 e. The van der Waals surface area contributed by atoms with Gasteiger partial charge in [0.1, 0.15) is 11.4 Å². The van der Waals surface area contributed by atoms with Crippen molar-refractivity contribution in [3.8, 4) is 5.75 Å². The third-order valence-electron chi connectivity index (χ3n) is 6.13. The molecule has 42 heavy (non-hydrogen) atoms. The van der Waals surface area contributed by atoms with Gasteiger partial charge in [0.05, 0.1) is 17.4 Å². The van der Waals surface area contributed by atoms with E-state index in [1.807, 2.05) is 49.4 Å². The number of rotatable bonds is 10. The van der Waals surface area contributed by atoms with E-state index in [-0.39, 0.29) is 17.5 Å². The van der Waals surface area contributed by atoms with Gasteiger partial charge in [-0.2, -0.15) is 0 Å². The van der Waals surface area contributed by atoms with Crippen LogP contribution in [0.2, 0.25) is 5.02 Å². The molecule has 4 aromatic rings. The van der Waals surface area contributed by atoms with Gasteiger partial charge in [-0.1, -0.05) is 59.6 Å². The molecule has 1 atom stereocenters. The van der Waals surface area contributed by atoms with Crippen LogP contribution in [0.1, 0.15) is 28.4 Å². The summed E-state index contributed by atoms with van der Waals surface area (Å²) in [4.78, 5) is 39.7. The van der Waals surface area contributed by atoms with E-state index in [0.717, 1.165) is 16.0 Å². The zero-order valence-electron chi connectivity index (χ0n) is 23.3. The molecule has 0 aliphatic heterocycles. The molecule has 0 fully saturated rings. The fourth-order valence-corrected chi connectivity index (χ4v) is 4.96. The van der Waals surface area contributed by atoms with Crippen LogP contribution in [0.5, 0.6) is 5.75 Å². The van der Waals surface area contributed by atoms with E-state index < -0.39 is 11.2 Å². The Balaban J connectivity index is 1.41. The number of hydrogen-bond acceptors (Lipinski definition) is 5. The van der Waals surface area contributed by atoms with Crippen LogP contribution in [0.4, 0.5) is 11.4 Å². The zero-order valence-corrected chi connectivity index (χ0v) is 24.9. The van der Waals surface area contributed by atoms with Crippen molar-refractivity contribution in [2.45, 2.75) is 24.0 Å². The SMILES string of the molecule is COc1ccc(NC(=O)C(C)Sc2ccc(NC(=O)/C(=C/c3ccc(C)cc3)NC(=O)c3ccccc3)cc2)cc1Cl. The number of ether oxygens (including phenoxy) is 1. The number of benzene rings is 4. The first kappa shape index (κ1) is 30.4. The second kappa shape index (κ2) is 14.4. The zero-order chi connectivity index (χ0) is 30.1. The third-order valence-corrected chi connectivity index (χ3v) is 7.54. The number of halogens is 1. The Kier molecular flexibility index (Phi) is 10.4. The lowest BCUT2D eigenvalue weighted by atomic mass is 10.1. The van der Waals surface area contributed by atoms with Crippen LogP contribution in [0.15, 0.2) is 108 Å². The summed E-state index contributed by atoms with van der Waals surface area (Å²) in [6.07, 6.45) is 1.64. The highest BCUT2D eigenvalue weighted by Gasteiger charge is 2.17. The lowest BCUT2D eigenvalue weighted by molar-refractivity contribution is -0.115. The van der Waals surface area contributed by atoms with Crippen molar-refractivity contribution in [1.82, 2.24) is 5.32 Å². The molecular weight excluding hydrogens is 570 g/mol. The molecule has 4 aromatic carbocycles. The Morgan fingerprint density at radius 3 is 2.17 bits per heavy atom. The fourth-order valence-electron chi connectivity index (χ4n) is 3.83. The molecule has 0 bridgehead atoms. The molecule has 3 N–H and O–H groups in total. The van der Waals surface area contributed by atoms with Gasteiger partial charge < -0.3 is 20.7 Å². The minimum Gasteiger partial charge on any atom is -0.495 e. The minimum absolute atomic E-state index is 0.107. The molecule has 0 saturated carbocycles. The number of carbonyl (C=O) groups excluding carboxylic acids is 3. The van der Waals surface area contributed by atoms with Gasteiger partial charge in [-0.05, 0) is 80.1 Å². The summed E-state index contributed by atoms with van der Waals surface area (Å²) in [7, 11) is 1.53. The highest BCUT2D eigenvalue weighted by atomic mass is 35.5. The van der Waals surface area contributed by atoms with Crippen molar-refractivity contribution in [2.75, 3.05) is 17.7 Å². The molecule has 9 heteroatoms. The molecule has 0 aliphatic carbocycles. The number of amides is 3. The molecule has 0 aromatic heterocycles. The summed E-state index contributed by atoms with van der Waals surface area (Å²) in [6.45, 7) is 3.78. The van der Waals surface area contributed by atoms with Gasteiger partial charge in [-0.3, -0.25) is 14.4 Å². The monoisotopic (exact) mass is 599 g/mol. The van der Waals surface area contributed by atoms with Gasteiger partial charge in [-0.25, -0.2) is 0 Å². The maximum absolute atomic E-state index is 13.3. The van der Waals surface area contributed by atoms with E-state index in [4.69, 9.17) is 16.3 Å². The fraction of sp³-hybridized carbons (Fsp3) is 0.121. The Labute approximate surface area is 254 Å². The van der Waals surface area contributed by atoms with Gasteiger partial charge in [0.25, 0.3) is 11.8 Å². The average molecular weight is 600 g/mol. The van der Waals surface area contributed by atoms with Crippen LogP contribution < -0.4 is 20.7 Å². The molecular formula is C33H30ClN3O4S. The molecule has 3 amide bonds. The lowest BCUT2D eigenvalue weighted by Gasteiger charge is -2.14. The molecule has 1 unspecified atom stereocenters. The molecule has 4 rings (SSSR count). The van der Waals surface area contributed by atoms with Crippen molar-refractivity contribution in [2.24, 2.45) is 0 Å². The number of hydrogen-bond donors (Lipinski definition) is 3. The van der Waals surface area contributed by atoms with Crippen LogP contribution in [0.25, 0.3) is 6.08 Å². The quantitative estimate of drug-likeness (QED) is 0.132. The maximum atomic E-state index is 13.3. The lowest BCUT2D eigenvalue weighted by Crippen LogP contribution is -2.30. The van der Waals surface area contributed by atoms with Crippen molar-refractivity contribution < 1.29 is 19.1 Å². The molecule has 214 valence electrons. The Morgan fingerprint density at radius 1 is 0.857 bits per heavy atom. The number of carbonyl (C=O) groups is 3. The van der Waals surface area contributed by atoms with Gasteiger partial charge >= 0.3 is 0 Å². The van der Waals surface area contributed by atoms with E-state index in [1.54, 1.807) is 67.6 Å². The topological polar surface area (TPSA) is 96.5 Å². The van der Waals surface area contributed by atoms with Crippen molar-refractivity contribution >= 4 is 58.5 Å². The first-order chi connectivity index (χ1) is 20.2. The first-order valence-corrected chi connectivity index (χ1v) is 14.3. The smallest absolute Gasteiger partial charge is 0.272 e. The summed E-state index contributed by atoms with van der Waals surface area (Å²) in [5.41, 5.74) is 3.52. The molecule has 0 saturated heterocycles. The number of anilines is 2. The molecule has 0 aliphatic rings. The minimum atomic E-state index is -0.467. The van der Waals surface area contributed by atoms with Crippen LogP contribution in [0.3, 0.4) is 0 Å². The summed E-state index contributed by atoms with van der Waals surface area (Å²) in [6, 6.07) is 28.5. The second-order valence-electron chi connectivity index (χ2n) is 9.37. The van der Waals surface area contributed by atoms with Gasteiger partial charge in [0.15, 0.2) is 0 Å². The third kappa shape index (κ3) is 8.49. The number of aryl methyl sites for hydroxylation is 1. The van der Waals surface area contributed by atoms with Gasteiger partial charge in [0, 0.05) is 21.8 Å². The summed E-state index contributed by atoms with van der Waals surface area (Å²) in [5, 5.41) is 8.45. The van der Waals surface area contributed by atoms with Crippen molar-refractivity contribution in [3.63, 3.8) is 0 Å². The van der Waals surface area contributed by atoms with Gasteiger partial charge in [-0.15, -0.1) is 11.8 Å². The average Bonchev–Trinajstić information content (AvgIpc) is 2.99. The Bertz CT molecular complexity index is 1590. The van der Waals surface area contributed by atoms with Gasteiger partial charge in [0.2, 0.25) is 5.91 Å². The number of thioether (sulfide) groups is 1. The number of nitrogens with one attached hydrogen (secondary N) is 3. The predicted octanol–water partition coefficient (Wildman–Crippen LogP) is 7.19. The molecule has 0 heterocycles. The Morgan fingerprint density at radius 2 is 1.52 bits per heavy atom. The van der Waals surface area contributed by atoms with E-state index in [9.17, 15) is 14.4 Å². The molecule has 0 spiro atoms. The van der Waals surface area contributed by atoms with E-state index in [0.29, 0.717) is 27.7 Å². The highest BCUT2D eigenvalue weighted by molar-refractivity contribution is 8.00. The summed E-state index contributed by atoms with van der Waals surface area (Å²) < 4.78 is 5.15. The first-order valence-electron chi connectivity index (χ1n) is 13.1. The van der Waals surface area contributed by atoms with E-state index >= 15 is 0 Å². The summed E-state index contributed by atoms with van der Waals surface area (Å²) in [5.74, 6) is -0.509. The van der Waals surface area contributed by atoms with Crippen LogP contribution in [0, 0.1) is 6.92 Å². The van der Waals surface area contributed by atoms with E-state index in [2.05, 4.69) is 16.0 Å². The normalized spacial score (nSPS) is 11.8. The highest BCUT2D eigenvalue weighted by Crippen LogP contribution is 2.29. The molecule has 7 nitrogen and oxygen atoms in total. The standard InChI is InChI=1S/C33H30ClN3O4S/c1-21-9-11-23(12-10-21)19-29(37-32(39)24-7-5-4-6-8-24)33(40)35-25-13-16-27(17-14-25)42-22(2)31(38)36-26-15-18-30(41-3)28(34)20-26/h4-20,22H,1-3H3,(H,35,40)(H,36,38)(H,37,39)/b29-19-. The molecule has 0 radical (unpaired) electrons. The Hall–Kier alpha value is -4.53.